The number of hydrogen-bond donors (Lipinski definition) is 2. The van der Waals surface area contributed by atoms with Crippen LogP contribution in [0.1, 0.15) is 29.9 Å². The average molecular weight is 408 g/mol. The highest BCUT2D eigenvalue weighted by molar-refractivity contribution is 6.11. The highest BCUT2D eigenvalue weighted by Gasteiger charge is 2.27. The van der Waals surface area contributed by atoms with Crippen LogP contribution in [-0.4, -0.2) is 41.4 Å². The number of ether oxygens (including phenoxy) is 2. The highest BCUT2D eigenvalue weighted by atomic mass is 16.5. The molecule has 2 N–H and O–H groups in total. The summed E-state index contributed by atoms with van der Waals surface area (Å²) in [6, 6.07) is 15.4. The molecule has 3 rings (SSSR count). The molecule has 1 aromatic heterocycles. The number of carbonyl (C=O) groups is 3. The number of nitrogens with one attached hydrogen (secondary N) is 2. The molecule has 0 radical (unpaired) electrons. The van der Waals surface area contributed by atoms with Crippen molar-refractivity contribution in [1.29, 1.82) is 0 Å². The predicted octanol–water partition coefficient (Wildman–Crippen LogP) is 3.17. The molecule has 30 heavy (non-hydrogen) atoms. The van der Waals surface area contributed by atoms with Crippen molar-refractivity contribution >= 4 is 28.6 Å². The van der Waals surface area contributed by atoms with Crippen molar-refractivity contribution in [3.63, 3.8) is 0 Å². The molecule has 0 bridgehead atoms. The molecule has 0 saturated heterocycles. The van der Waals surface area contributed by atoms with Crippen molar-refractivity contribution in [2.24, 2.45) is 0 Å². The van der Waals surface area contributed by atoms with Crippen LogP contribution in [0, 0.1) is 6.92 Å². The third-order valence-corrected chi connectivity index (χ3v) is 4.65. The summed E-state index contributed by atoms with van der Waals surface area (Å²) in [6.07, 6.45) is -0.990. The first-order valence-electron chi connectivity index (χ1n) is 9.66. The van der Waals surface area contributed by atoms with Crippen LogP contribution in [0.15, 0.2) is 54.6 Å². The maximum absolute atomic E-state index is 12.9. The Morgan fingerprint density at radius 2 is 1.67 bits per heavy atom. The number of para-hydroxylation sites is 2. The highest BCUT2D eigenvalue weighted by Crippen LogP contribution is 2.23. The predicted molar refractivity (Wildman–Crippen MR) is 112 cm³/mol. The number of Topliss-reactive ketones (excluding diaryl/α,β-unsaturated/α-hetero) is 1. The maximum atomic E-state index is 12.9. The summed E-state index contributed by atoms with van der Waals surface area (Å²) in [5.41, 5.74) is 2.05. The van der Waals surface area contributed by atoms with Gasteiger partial charge in [0.15, 0.2) is 12.7 Å². The van der Waals surface area contributed by atoms with Gasteiger partial charge in [0.2, 0.25) is 5.78 Å². The molecule has 2 atom stereocenters. The van der Waals surface area contributed by atoms with Gasteiger partial charge in [-0.15, -0.1) is 0 Å². The second kappa shape index (κ2) is 9.26. The van der Waals surface area contributed by atoms with Gasteiger partial charge < -0.3 is 19.8 Å². The zero-order valence-corrected chi connectivity index (χ0v) is 17.1. The van der Waals surface area contributed by atoms with Gasteiger partial charge in [0.1, 0.15) is 11.8 Å². The van der Waals surface area contributed by atoms with E-state index in [1.165, 1.54) is 13.8 Å². The zero-order valence-electron chi connectivity index (χ0n) is 17.1. The SMILES string of the molecule is Cc1[nH]c2ccccc2c1C(=O)[C@@H](C)OC(=O)[C@H](C)NC(=O)COc1ccccc1. The van der Waals surface area contributed by atoms with Gasteiger partial charge in [-0.2, -0.15) is 0 Å². The molecule has 0 fully saturated rings. The molecule has 0 aliphatic rings. The Labute approximate surface area is 174 Å². The largest absolute Gasteiger partial charge is 0.484 e. The van der Waals surface area contributed by atoms with Gasteiger partial charge in [0, 0.05) is 22.2 Å². The second-order valence-electron chi connectivity index (χ2n) is 7.00. The molecule has 0 unspecified atom stereocenters. The fourth-order valence-electron chi connectivity index (χ4n) is 3.13. The molecular formula is C23H24N2O5. The number of aromatic nitrogens is 1. The number of amides is 1. The van der Waals surface area contributed by atoms with Gasteiger partial charge in [-0.3, -0.25) is 9.59 Å². The number of aromatic amines is 1. The molecule has 7 heteroatoms. The van der Waals surface area contributed by atoms with Crippen LogP contribution in [-0.2, 0) is 14.3 Å². The van der Waals surface area contributed by atoms with Crippen molar-refractivity contribution in [2.45, 2.75) is 32.9 Å². The van der Waals surface area contributed by atoms with Crippen molar-refractivity contribution in [2.75, 3.05) is 6.61 Å². The molecule has 0 saturated carbocycles. The Kier molecular flexibility index (Phi) is 6.51. The average Bonchev–Trinajstić information content (AvgIpc) is 3.07. The van der Waals surface area contributed by atoms with E-state index >= 15 is 0 Å². The van der Waals surface area contributed by atoms with E-state index in [0.717, 1.165) is 10.9 Å². The van der Waals surface area contributed by atoms with Crippen LogP contribution in [0.2, 0.25) is 0 Å². The summed E-state index contributed by atoms with van der Waals surface area (Å²) < 4.78 is 10.7. The van der Waals surface area contributed by atoms with Crippen LogP contribution in [0.4, 0.5) is 0 Å². The molecule has 0 aliphatic heterocycles. The Morgan fingerprint density at radius 1 is 1.00 bits per heavy atom. The molecule has 0 spiro atoms. The minimum atomic E-state index is -0.990. The number of hydrogen-bond acceptors (Lipinski definition) is 5. The van der Waals surface area contributed by atoms with Crippen molar-refractivity contribution in [1.82, 2.24) is 10.3 Å². The molecule has 2 aromatic carbocycles. The van der Waals surface area contributed by atoms with Crippen LogP contribution in [0.3, 0.4) is 0 Å². The molecule has 3 aromatic rings. The number of rotatable bonds is 8. The normalized spacial score (nSPS) is 12.8. The van der Waals surface area contributed by atoms with Gasteiger partial charge in [0.25, 0.3) is 5.91 Å². The van der Waals surface area contributed by atoms with Gasteiger partial charge in [-0.1, -0.05) is 36.4 Å². The van der Waals surface area contributed by atoms with Crippen molar-refractivity contribution in [3.05, 3.63) is 65.9 Å². The minimum Gasteiger partial charge on any atom is -0.484 e. The zero-order chi connectivity index (χ0) is 21.7. The Bertz CT molecular complexity index is 1060. The van der Waals surface area contributed by atoms with E-state index in [2.05, 4.69) is 10.3 Å². The van der Waals surface area contributed by atoms with Gasteiger partial charge in [-0.05, 0) is 39.0 Å². The van der Waals surface area contributed by atoms with Crippen molar-refractivity contribution in [3.8, 4) is 5.75 Å². The number of aryl methyl sites for hydroxylation is 1. The minimum absolute atomic E-state index is 0.231. The van der Waals surface area contributed by atoms with E-state index in [9.17, 15) is 14.4 Å². The fourth-order valence-corrected chi connectivity index (χ4v) is 3.13. The van der Waals surface area contributed by atoms with Gasteiger partial charge in [0.05, 0.1) is 0 Å². The molecule has 1 heterocycles. The lowest BCUT2D eigenvalue weighted by Gasteiger charge is -2.17. The smallest absolute Gasteiger partial charge is 0.329 e. The molecule has 0 aliphatic carbocycles. The third kappa shape index (κ3) is 4.86. The molecule has 1 amide bonds. The first-order chi connectivity index (χ1) is 14.4. The number of carbonyl (C=O) groups excluding carboxylic acids is 3. The van der Waals surface area contributed by atoms with E-state index < -0.39 is 24.0 Å². The Morgan fingerprint density at radius 3 is 2.40 bits per heavy atom. The topological polar surface area (TPSA) is 97.5 Å². The fraction of sp³-hybridized carbons (Fsp3) is 0.261. The third-order valence-electron chi connectivity index (χ3n) is 4.65. The van der Waals surface area contributed by atoms with Crippen LogP contribution < -0.4 is 10.1 Å². The summed E-state index contributed by atoms with van der Waals surface area (Å²) in [4.78, 5) is 40.4. The van der Waals surface area contributed by atoms with Crippen molar-refractivity contribution < 1.29 is 23.9 Å². The summed E-state index contributed by atoms with van der Waals surface area (Å²) in [5, 5.41) is 3.29. The van der Waals surface area contributed by atoms with E-state index in [0.29, 0.717) is 17.0 Å². The number of fused-ring (bicyclic) bond motifs is 1. The van der Waals surface area contributed by atoms with E-state index in [-0.39, 0.29) is 12.4 Å². The van der Waals surface area contributed by atoms with Crippen LogP contribution >= 0.6 is 0 Å². The molecular weight excluding hydrogens is 384 g/mol. The summed E-state index contributed by atoms with van der Waals surface area (Å²) in [5.74, 6) is -0.906. The number of benzene rings is 2. The number of ketones is 1. The van der Waals surface area contributed by atoms with E-state index in [1.54, 1.807) is 31.2 Å². The lowest BCUT2D eigenvalue weighted by Crippen LogP contribution is -2.43. The summed E-state index contributed by atoms with van der Waals surface area (Å²) >= 11 is 0. The Hall–Kier alpha value is -3.61. The summed E-state index contributed by atoms with van der Waals surface area (Å²) in [7, 11) is 0. The van der Waals surface area contributed by atoms with Crippen LogP contribution in [0.5, 0.6) is 5.75 Å². The van der Waals surface area contributed by atoms with E-state index in [1.807, 2.05) is 30.3 Å². The second-order valence-corrected chi connectivity index (χ2v) is 7.00. The summed E-state index contributed by atoms with van der Waals surface area (Å²) in [6.45, 7) is 4.59. The first kappa shape index (κ1) is 21.1. The quantitative estimate of drug-likeness (QED) is 0.441. The van der Waals surface area contributed by atoms with E-state index in [4.69, 9.17) is 9.47 Å². The maximum Gasteiger partial charge on any atom is 0.329 e. The van der Waals surface area contributed by atoms with Crippen LogP contribution in [0.25, 0.3) is 10.9 Å². The lowest BCUT2D eigenvalue weighted by atomic mass is 10.0. The monoisotopic (exact) mass is 408 g/mol. The molecule has 156 valence electrons. The van der Waals surface area contributed by atoms with Gasteiger partial charge >= 0.3 is 5.97 Å². The number of H-pyrrole nitrogens is 1. The standard InChI is InChI=1S/C23H24N2O5/c1-14-21(18-11-7-8-12-19(18)24-14)22(27)16(3)30-23(28)15(2)25-20(26)13-29-17-9-5-4-6-10-17/h4-12,15-16,24H,13H2,1-3H3,(H,25,26)/t15-,16+/m0/s1. The number of esters is 1. The lowest BCUT2D eigenvalue weighted by molar-refractivity contribution is -0.150. The molecule has 7 nitrogen and oxygen atoms in total. The first-order valence-corrected chi connectivity index (χ1v) is 9.66. The Balaban J connectivity index is 1.55. The van der Waals surface area contributed by atoms with Gasteiger partial charge in [-0.25, -0.2) is 4.79 Å².